The van der Waals surface area contributed by atoms with Gasteiger partial charge in [-0.2, -0.15) is 0 Å². The zero-order valence-corrected chi connectivity index (χ0v) is 9.49. The molecule has 4 nitrogen and oxygen atoms in total. The van der Waals surface area contributed by atoms with E-state index in [9.17, 15) is 0 Å². The largest absolute Gasteiger partial charge is 0.348 e. The van der Waals surface area contributed by atoms with Gasteiger partial charge in [-0.05, 0) is 18.4 Å². The van der Waals surface area contributed by atoms with Crippen LogP contribution in [-0.4, -0.2) is 19.9 Å². The lowest BCUT2D eigenvalue weighted by Crippen LogP contribution is -2.09. The molecular weight excluding hydrogens is 200 g/mol. The standard InChI is InChI=1S/C12H14N4.H2/c1-7(2)12-13-5-8-3-4-9-11(10(8)16-12)15-6-14-9;/h5-7H,3-4H2,1-2H3,(H,14,15);1H. The summed E-state index contributed by atoms with van der Waals surface area (Å²) in [5.74, 6) is 1.25. The van der Waals surface area contributed by atoms with Crippen molar-refractivity contribution in [3.63, 3.8) is 0 Å². The molecule has 0 aliphatic heterocycles. The topological polar surface area (TPSA) is 54.5 Å². The third-order valence-corrected chi connectivity index (χ3v) is 2.99. The number of nitrogens with zero attached hydrogens (tertiary/aromatic N) is 3. The third kappa shape index (κ3) is 1.33. The SMILES string of the molecule is CC(C)c1ncc2c(n1)-c1nc[nH]c1CC2.[HH]. The Morgan fingerprint density at radius 2 is 2.12 bits per heavy atom. The number of hydrogen-bond donors (Lipinski definition) is 1. The van der Waals surface area contributed by atoms with Crippen LogP contribution in [0.25, 0.3) is 11.4 Å². The van der Waals surface area contributed by atoms with Gasteiger partial charge in [-0.3, -0.25) is 0 Å². The molecule has 4 heteroatoms. The van der Waals surface area contributed by atoms with E-state index < -0.39 is 0 Å². The maximum atomic E-state index is 4.63. The number of rotatable bonds is 1. The first-order valence-corrected chi connectivity index (χ1v) is 5.64. The van der Waals surface area contributed by atoms with Crippen LogP contribution in [-0.2, 0) is 12.8 Å². The van der Waals surface area contributed by atoms with E-state index >= 15 is 0 Å². The van der Waals surface area contributed by atoms with Gasteiger partial charge < -0.3 is 4.98 Å². The number of aromatic amines is 1. The fourth-order valence-corrected chi connectivity index (χ4v) is 2.06. The highest BCUT2D eigenvalue weighted by molar-refractivity contribution is 5.63. The van der Waals surface area contributed by atoms with E-state index in [1.54, 1.807) is 6.33 Å². The molecular formula is C12H16N4. The molecule has 0 aromatic carbocycles. The number of imidazole rings is 1. The summed E-state index contributed by atoms with van der Waals surface area (Å²) < 4.78 is 0. The molecule has 84 valence electrons. The molecule has 0 spiro atoms. The quantitative estimate of drug-likeness (QED) is 0.796. The second-order valence-corrected chi connectivity index (χ2v) is 4.49. The van der Waals surface area contributed by atoms with Crippen LogP contribution >= 0.6 is 0 Å². The van der Waals surface area contributed by atoms with E-state index in [2.05, 4.69) is 33.8 Å². The van der Waals surface area contributed by atoms with Gasteiger partial charge in [-0.25, -0.2) is 15.0 Å². The van der Waals surface area contributed by atoms with Crippen molar-refractivity contribution < 1.29 is 1.43 Å². The van der Waals surface area contributed by atoms with Gasteiger partial charge in [0.2, 0.25) is 0 Å². The molecule has 2 aromatic heterocycles. The van der Waals surface area contributed by atoms with Gasteiger partial charge in [0, 0.05) is 19.2 Å². The number of aryl methyl sites for hydroxylation is 2. The minimum Gasteiger partial charge on any atom is -0.348 e. The zero-order chi connectivity index (χ0) is 11.1. The van der Waals surface area contributed by atoms with Gasteiger partial charge in [0.25, 0.3) is 0 Å². The van der Waals surface area contributed by atoms with Crippen LogP contribution < -0.4 is 0 Å². The van der Waals surface area contributed by atoms with Crippen molar-refractivity contribution >= 4 is 0 Å². The third-order valence-electron chi connectivity index (χ3n) is 2.99. The summed E-state index contributed by atoms with van der Waals surface area (Å²) in [6.45, 7) is 4.21. The number of aromatic nitrogens is 4. The Bertz CT molecular complexity index is 533. The molecule has 0 saturated carbocycles. The van der Waals surface area contributed by atoms with Crippen LogP contribution in [0.1, 0.15) is 38.3 Å². The smallest absolute Gasteiger partial charge is 0.131 e. The lowest BCUT2D eigenvalue weighted by atomic mass is 9.98. The first-order chi connectivity index (χ1) is 7.75. The molecule has 3 rings (SSSR count). The molecule has 0 bridgehead atoms. The number of hydrogen-bond acceptors (Lipinski definition) is 3. The van der Waals surface area contributed by atoms with Crippen molar-refractivity contribution in [2.75, 3.05) is 0 Å². The minimum atomic E-state index is 0. The highest BCUT2D eigenvalue weighted by Crippen LogP contribution is 2.29. The lowest BCUT2D eigenvalue weighted by molar-refractivity contribution is 0.761. The molecule has 2 aromatic rings. The molecule has 0 saturated heterocycles. The molecule has 16 heavy (non-hydrogen) atoms. The summed E-state index contributed by atoms with van der Waals surface area (Å²) >= 11 is 0. The van der Waals surface area contributed by atoms with E-state index in [4.69, 9.17) is 0 Å². The first kappa shape index (κ1) is 9.51. The molecule has 0 amide bonds. The average Bonchev–Trinajstić information content (AvgIpc) is 2.76. The number of nitrogens with one attached hydrogen (secondary N) is 1. The average molecular weight is 216 g/mol. The molecule has 2 heterocycles. The Hall–Kier alpha value is -1.71. The van der Waals surface area contributed by atoms with Crippen LogP contribution in [0.3, 0.4) is 0 Å². The fraction of sp³-hybridized carbons (Fsp3) is 0.417. The Morgan fingerprint density at radius 3 is 2.94 bits per heavy atom. The second-order valence-electron chi connectivity index (χ2n) is 4.49. The van der Waals surface area contributed by atoms with Gasteiger partial charge in [-0.15, -0.1) is 0 Å². The summed E-state index contributed by atoms with van der Waals surface area (Å²) in [6.07, 6.45) is 5.71. The highest BCUT2D eigenvalue weighted by atomic mass is 15.0. The van der Waals surface area contributed by atoms with Crippen molar-refractivity contribution in [1.82, 2.24) is 19.9 Å². The maximum absolute atomic E-state index is 4.63. The van der Waals surface area contributed by atoms with Crippen LogP contribution in [0.5, 0.6) is 0 Å². The lowest BCUT2D eigenvalue weighted by Gasteiger charge is -2.15. The van der Waals surface area contributed by atoms with Crippen LogP contribution in [0.15, 0.2) is 12.5 Å². The van der Waals surface area contributed by atoms with Gasteiger partial charge in [0.15, 0.2) is 0 Å². The van der Waals surface area contributed by atoms with E-state index in [1.807, 2.05) is 6.20 Å². The van der Waals surface area contributed by atoms with Crippen molar-refractivity contribution in [3.05, 3.63) is 29.6 Å². The van der Waals surface area contributed by atoms with Gasteiger partial charge in [-0.1, -0.05) is 13.8 Å². The van der Waals surface area contributed by atoms with Gasteiger partial charge >= 0.3 is 0 Å². The van der Waals surface area contributed by atoms with Crippen molar-refractivity contribution in [2.24, 2.45) is 0 Å². The number of fused-ring (bicyclic) bond motifs is 3. The molecule has 0 atom stereocenters. The molecule has 1 aliphatic carbocycles. The zero-order valence-electron chi connectivity index (χ0n) is 9.49. The molecule has 0 radical (unpaired) electrons. The van der Waals surface area contributed by atoms with Crippen LogP contribution in [0.2, 0.25) is 0 Å². The fourth-order valence-electron chi connectivity index (χ4n) is 2.06. The number of H-pyrrole nitrogens is 1. The summed E-state index contributed by atoms with van der Waals surface area (Å²) in [7, 11) is 0. The monoisotopic (exact) mass is 216 g/mol. The Balaban J connectivity index is 0.00000108. The van der Waals surface area contributed by atoms with Crippen LogP contribution in [0, 0.1) is 0 Å². The van der Waals surface area contributed by atoms with Crippen molar-refractivity contribution in [1.29, 1.82) is 0 Å². The molecule has 0 unspecified atom stereocenters. The normalized spacial score (nSPS) is 13.7. The molecule has 1 N–H and O–H groups in total. The van der Waals surface area contributed by atoms with E-state index in [0.29, 0.717) is 5.92 Å². The summed E-state index contributed by atoms with van der Waals surface area (Å²) in [5.41, 5.74) is 4.43. The Morgan fingerprint density at radius 1 is 1.25 bits per heavy atom. The summed E-state index contributed by atoms with van der Waals surface area (Å²) in [5, 5.41) is 0. The van der Waals surface area contributed by atoms with E-state index in [-0.39, 0.29) is 1.43 Å². The van der Waals surface area contributed by atoms with Crippen molar-refractivity contribution in [3.8, 4) is 11.4 Å². The van der Waals surface area contributed by atoms with E-state index in [0.717, 1.165) is 30.1 Å². The Kier molecular flexibility index (Phi) is 2.02. The molecule has 1 aliphatic rings. The summed E-state index contributed by atoms with van der Waals surface area (Å²) in [6, 6.07) is 0. The highest BCUT2D eigenvalue weighted by Gasteiger charge is 2.21. The van der Waals surface area contributed by atoms with E-state index in [1.165, 1.54) is 11.3 Å². The van der Waals surface area contributed by atoms with Gasteiger partial charge in [0.05, 0.1) is 12.0 Å². The maximum Gasteiger partial charge on any atom is 0.131 e. The van der Waals surface area contributed by atoms with Crippen LogP contribution in [0.4, 0.5) is 0 Å². The van der Waals surface area contributed by atoms with Crippen molar-refractivity contribution in [2.45, 2.75) is 32.6 Å². The first-order valence-electron chi connectivity index (χ1n) is 5.64. The predicted molar refractivity (Wildman–Crippen MR) is 63.2 cm³/mol. The summed E-state index contributed by atoms with van der Waals surface area (Å²) in [4.78, 5) is 16.6. The minimum absolute atomic E-state index is 0. The predicted octanol–water partition coefficient (Wildman–Crippen LogP) is 2.33. The Labute approximate surface area is 95.7 Å². The molecule has 0 fully saturated rings. The second kappa shape index (κ2) is 3.40. The van der Waals surface area contributed by atoms with Gasteiger partial charge in [0.1, 0.15) is 11.5 Å².